The van der Waals surface area contributed by atoms with E-state index in [1.165, 1.54) is 51.4 Å². The van der Waals surface area contributed by atoms with Crippen molar-refractivity contribution in [3.63, 3.8) is 0 Å². The van der Waals surface area contributed by atoms with Crippen LogP contribution in [0.25, 0.3) is 0 Å². The minimum absolute atomic E-state index is 0.624. The molecule has 140 valence electrons. The van der Waals surface area contributed by atoms with Gasteiger partial charge in [0.1, 0.15) is 0 Å². The average Bonchev–Trinajstić information content (AvgIpc) is 2.54. The molecule has 0 amide bonds. The first-order valence-corrected chi connectivity index (χ1v) is 16.7. The summed E-state index contributed by atoms with van der Waals surface area (Å²) >= 11 is -2.27. The third kappa shape index (κ3) is 14.1. The van der Waals surface area contributed by atoms with E-state index in [-0.39, 0.29) is 0 Å². The van der Waals surface area contributed by atoms with Crippen molar-refractivity contribution in [2.45, 2.75) is 99.8 Å². The van der Waals surface area contributed by atoms with E-state index in [1.54, 1.807) is 0 Å². The fourth-order valence-electron chi connectivity index (χ4n) is 2.76. The van der Waals surface area contributed by atoms with Gasteiger partial charge in [-0.3, -0.25) is 0 Å². The second kappa shape index (κ2) is 18.0. The van der Waals surface area contributed by atoms with Crippen LogP contribution in [-0.2, 0) is 5.25 Å². The molecule has 23 heavy (non-hydrogen) atoms. The van der Waals surface area contributed by atoms with E-state index in [1.807, 2.05) is 0 Å². The topological polar surface area (TPSA) is 64.6 Å². The van der Waals surface area contributed by atoms with Crippen LogP contribution in [0.15, 0.2) is 0 Å². The zero-order valence-electron chi connectivity index (χ0n) is 14.8. The second-order valence-electron chi connectivity index (χ2n) is 6.23. The first-order valence-electron chi connectivity index (χ1n) is 9.15. The van der Waals surface area contributed by atoms with Crippen LogP contribution < -0.4 is 9.32 Å². The Hall–Kier alpha value is 1.22. The molecule has 0 bridgehead atoms. The van der Waals surface area contributed by atoms with Crippen molar-refractivity contribution >= 4 is 19.2 Å². The molecule has 0 saturated carbocycles. The van der Waals surface area contributed by atoms with Crippen LogP contribution in [0.2, 0.25) is 8.87 Å². The molecule has 0 heterocycles. The molecule has 0 N–H and O–H groups in total. The van der Waals surface area contributed by atoms with Crippen LogP contribution in [0.1, 0.15) is 90.9 Å². The third-order valence-electron chi connectivity index (χ3n) is 4.17. The molecule has 7 heteroatoms. The maximum atomic E-state index is 10.9. The molecule has 0 atom stereocenters. The Balaban J connectivity index is 4.11. The van der Waals surface area contributed by atoms with Gasteiger partial charge in [-0.1, -0.05) is 0 Å². The van der Waals surface area contributed by atoms with Crippen LogP contribution in [0, 0.1) is 22.7 Å². The summed E-state index contributed by atoms with van der Waals surface area (Å²) in [5, 5.41) is 0. The average molecular weight is 480 g/mol. The Morgan fingerprint density at radius 3 is 1.30 bits per heavy atom. The Bertz CT molecular complexity index is 224. The van der Waals surface area contributed by atoms with Crippen molar-refractivity contribution in [1.82, 2.24) is 0 Å². The molecule has 0 aromatic heterocycles. The summed E-state index contributed by atoms with van der Waals surface area (Å²) in [6.45, 7) is 4.41. The summed E-state index contributed by atoms with van der Waals surface area (Å²) in [5.41, 5.74) is 0. The van der Waals surface area contributed by atoms with E-state index in [0.717, 1.165) is 34.6 Å². The molecule has 0 unspecified atom stereocenters. The Kier molecular flexibility index (Phi) is 19.0. The van der Waals surface area contributed by atoms with Crippen LogP contribution in [-0.4, -0.2) is 19.2 Å². The maximum absolute atomic E-state index is 10.9. The van der Waals surface area contributed by atoms with Crippen LogP contribution >= 0.6 is 0 Å². The van der Waals surface area contributed by atoms with Gasteiger partial charge in [-0.05, 0) is 0 Å². The Morgan fingerprint density at radius 1 is 0.609 bits per heavy atom. The summed E-state index contributed by atoms with van der Waals surface area (Å²) in [7, 11) is 0. The molecule has 0 spiro atoms. The SMILES string of the molecule is CCCCCCC[CH2][Sn]([CH2]CCCCCCC)([O][Cl+][O-])[O][Cl+][O-]. The molecular weight excluding hydrogens is 446 g/mol. The van der Waals surface area contributed by atoms with Crippen molar-refractivity contribution in [3.8, 4) is 0 Å². The first kappa shape index (κ1) is 24.2. The van der Waals surface area contributed by atoms with Gasteiger partial charge in [-0.2, -0.15) is 0 Å². The predicted molar refractivity (Wildman–Crippen MR) is 84.3 cm³/mol. The molecule has 0 radical (unpaired) electrons. The van der Waals surface area contributed by atoms with Gasteiger partial charge in [0.15, 0.2) is 0 Å². The number of hydrogen-bond donors (Lipinski definition) is 0. The fraction of sp³-hybridized carbons (Fsp3) is 1.00. The van der Waals surface area contributed by atoms with Gasteiger partial charge in [0, 0.05) is 0 Å². The van der Waals surface area contributed by atoms with E-state index in [4.69, 9.17) is 5.25 Å². The first-order chi connectivity index (χ1) is 11.2. The second-order valence-corrected chi connectivity index (χ2v) is 17.5. The quantitative estimate of drug-likeness (QED) is 0.222. The third-order valence-corrected chi connectivity index (χ3v) is 17.1. The van der Waals surface area contributed by atoms with Crippen LogP contribution in [0.4, 0.5) is 0 Å². The number of hydrogen-bond acceptors (Lipinski definition) is 4. The Morgan fingerprint density at radius 2 is 0.957 bits per heavy atom. The summed E-state index contributed by atoms with van der Waals surface area (Å²) in [4.78, 5) is 0. The van der Waals surface area contributed by atoms with Gasteiger partial charge in [0.2, 0.25) is 0 Å². The normalized spacial score (nSPS) is 12.0. The van der Waals surface area contributed by atoms with E-state index in [9.17, 15) is 9.32 Å². The summed E-state index contributed by atoms with van der Waals surface area (Å²) < 4.78 is 34.1. The molecule has 0 aliphatic carbocycles. The zero-order chi connectivity index (χ0) is 17.2. The van der Waals surface area contributed by atoms with Crippen molar-refractivity contribution in [3.05, 3.63) is 0 Å². The monoisotopic (exact) mass is 480 g/mol. The molecule has 0 saturated heterocycles. The standard InChI is InChI=1S/2C8H17.2ClO2.Sn/c2*1-3-5-7-8-6-4-2;2*2-1-3;/h2*1,3-8H2,2H3;;;/q;;2*-1;+2. The summed E-state index contributed by atoms with van der Waals surface area (Å²) in [6, 6.07) is 0. The molecule has 4 nitrogen and oxygen atoms in total. The number of halogens is 2. The van der Waals surface area contributed by atoms with E-state index >= 15 is 0 Å². The Labute approximate surface area is 155 Å². The van der Waals surface area contributed by atoms with Crippen LogP contribution in [0.5, 0.6) is 0 Å². The molecule has 0 rings (SSSR count). The minimum atomic E-state index is -3.51. The summed E-state index contributed by atoms with van der Waals surface area (Å²) in [5.74, 6) is 0. The molecule has 0 aromatic carbocycles. The fourth-order valence-corrected chi connectivity index (χ4v) is 13.8. The van der Waals surface area contributed by atoms with Crippen LogP contribution in [0.3, 0.4) is 0 Å². The van der Waals surface area contributed by atoms with Gasteiger partial charge >= 0.3 is 156 Å². The number of unbranched alkanes of at least 4 members (excludes halogenated alkanes) is 10. The van der Waals surface area contributed by atoms with Gasteiger partial charge in [0.25, 0.3) is 0 Å². The molecule has 0 aliphatic rings. The molecule has 0 aromatic rings. The van der Waals surface area contributed by atoms with E-state index < -0.39 is 19.2 Å². The zero-order valence-corrected chi connectivity index (χ0v) is 19.2. The molecule has 0 aliphatic heterocycles. The van der Waals surface area contributed by atoms with Crippen molar-refractivity contribution in [2.75, 3.05) is 0 Å². The van der Waals surface area contributed by atoms with Gasteiger partial charge in [-0.25, -0.2) is 0 Å². The van der Waals surface area contributed by atoms with Crippen molar-refractivity contribution < 1.29 is 37.2 Å². The molecule has 0 fully saturated rings. The van der Waals surface area contributed by atoms with Gasteiger partial charge in [-0.15, -0.1) is 0 Å². The van der Waals surface area contributed by atoms with Gasteiger partial charge in [0.05, 0.1) is 0 Å². The van der Waals surface area contributed by atoms with E-state index in [2.05, 4.69) is 13.8 Å². The van der Waals surface area contributed by atoms with E-state index in [0.29, 0.717) is 22.7 Å². The summed E-state index contributed by atoms with van der Waals surface area (Å²) in [6.07, 6.45) is 14.3. The van der Waals surface area contributed by atoms with Crippen molar-refractivity contribution in [1.29, 1.82) is 0 Å². The number of rotatable bonds is 18. The molecular formula is C16H34Cl2O4Sn. The van der Waals surface area contributed by atoms with Gasteiger partial charge < -0.3 is 0 Å². The predicted octanol–water partition coefficient (Wildman–Crippen LogP) is 3.73. The van der Waals surface area contributed by atoms with Crippen molar-refractivity contribution in [2.24, 2.45) is 0 Å².